The largest absolute Gasteiger partial charge is 0.381 e. The molecule has 0 radical (unpaired) electrons. The Balaban J connectivity index is 1.71. The Bertz CT molecular complexity index is 302. The van der Waals surface area contributed by atoms with E-state index in [9.17, 15) is 4.79 Å². The average molecular weight is 285 g/mol. The zero-order valence-electron chi connectivity index (χ0n) is 12.3. The maximum atomic E-state index is 12.2. The number of rotatable bonds is 5. The lowest BCUT2D eigenvalue weighted by atomic mass is 9.91. The minimum absolute atomic E-state index is 0.0299. The van der Waals surface area contributed by atoms with Crippen LogP contribution in [0.25, 0.3) is 0 Å². The highest BCUT2D eigenvalue weighted by atomic mass is 16.5. The van der Waals surface area contributed by atoms with Crippen molar-refractivity contribution in [3.8, 4) is 0 Å². The predicted octanol–water partition coefficient (Wildman–Crippen LogP) is -0.423. The third-order valence-electron chi connectivity index (χ3n) is 4.10. The summed E-state index contributed by atoms with van der Waals surface area (Å²) in [6.07, 6.45) is 1.76. The molecule has 2 heterocycles. The Labute approximate surface area is 121 Å². The maximum absolute atomic E-state index is 12.2. The van der Waals surface area contributed by atoms with Crippen LogP contribution in [0, 0.1) is 5.92 Å². The first-order valence-corrected chi connectivity index (χ1v) is 7.60. The van der Waals surface area contributed by atoms with E-state index in [2.05, 4.69) is 10.2 Å². The highest BCUT2D eigenvalue weighted by Crippen LogP contribution is 2.17. The van der Waals surface area contributed by atoms with Crippen molar-refractivity contribution in [1.29, 1.82) is 0 Å². The van der Waals surface area contributed by atoms with Crippen molar-refractivity contribution in [2.75, 3.05) is 46.1 Å². The molecule has 116 valence electrons. The fourth-order valence-corrected chi connectivity index (χ4v) is 2.84. The standard InChI is InChI=1S/C14H27N3O3/c1-11(10-17-4-8-20-9-5-17)16-14(18)13(15)12-2-6-19-7-3-12/h11-13H,2-10,15H2,1H3,(H,16,18). The zero-order chi connectivity index (χ0) is 14.4. The molecular weight excluding hydrogens is 258 g/mol. The predicted molar refractivity (Wildman–Crippen MR) is 76.4 cm³/mol. The van der Waals surface area contributed by atoms with Gasteiger partial charge in [0.1, 0.15) is 0 Å². The summed E-state index contributed by atoms with van der Waals surface area (Å²) in [7, 11) is 0. The lowest BCUT2D eigenvalue weighted by molar-refractivity contribution is -0.125. The second kappa shape index (κ2) is 7.93. The van der Waals surface area contributed by atoms with Gasteiger partial charge in [0.25, 0.3) is 0 Å². The van der Waals surface area contributed by atoms with Crippen molar-refractivity contribution in [3.63, 3.8) is 0 Å². The molecule has 20 heavy (non-hydrogen) atoms. The number of carbonyl (C=O) groups is 1. The summed E-state index contributed by atoms with van der Waals surface area (Å²) in [5, 5.41) is 3.04. The molecule has 2 fully saturated rings. The molecule has 6 heteroatoms. The van der Waals surface area contributed by atoms with Gasteiger partial charge in [0.2, 0.25) is 5.91 Å². The SMILES string of the molecule is CC(CN1CCOCC1)NC(=O)C(N)C1CCOCC1. The van der Waals surface area contributed by atoms with Gasteiger partial charge >= 0.3 is 0 Å². The first kappa shape index (κ1) is 15.7. The number of amides is 1. The number of ether oxygens (including phenoxy) is 2. The molecule has 2 atom stereocenters. The van der Waals surface area contributed by atoms with E-state index < -0.39 is 6.04 Å². The minimum atomic E-state index is -0.411. The first-order valence-electron chi connectivity index (χ1n) is 7.60. The lowest BCUT2D eigenvalue weighted by Crippen LogP contribution is -2.52. The van der Waals surface area contributed by atoms with Crippen LogP contribution < -0.4 is 11.1 Å². The van der Waals surface area contributed by atoms with Gasteiger partial charge in [0.15, 0.2) is 0 Å². The summed E-state index contributed by atoms with van der Waals surface area (Å²) in [5.74, 6) is 0.219. The van der Waals surface area contributed by atoms with E-state index in [0.29, 0.717) is 0 Å². The van der Waals surface area contributed by atoms with E-state index in [4.69, 9.17) is 15.2 Å². The number of nitrogens with zero attached hydrogens (tertiary/aromatic N) is 1. The Hall–Kier alpha value is -0.690. The van der Waals surface area contributed by atoms with E-state index in [-0.39, 0.29) is 17.9 Å². The Kier molecular flexibility index (Phi) is 6.22. The molecule has 0 bridgehead atoms. The van der Waals surface area contributed by atoms with Gasteiger partial charge in [-0.2, -0.15) is 0 Å². The van der Waals surface area contributed by atoms with Gasteiger partial charge in [-0.15, -0.1) is 0 Å². The second-order valence-corrected chi connectivity index (χ2v) is 5.80. The molecule has 0 spiro atoms. The summed E-state index contributed by atoms with van der Waals surface area (Å²) in [6, 6.07) is -0.294. The van der Waals surface area contributed by atoms with Gasteiger partial charge in [-0.25, -0.2) is 0 Å². The molecule has 2 unspecified atom stereocenters. The van der Waals surface area contributed by atoms with Gasteiger partial charge in [-0.1, -0.05) is 0 Å². The van der Waals surface area contributed by atoms with Crippen LogP contribution in [0.1, 0.15) is 19.8 Å². The van der Waals surface area contributed by atoms with Gasteiger partial charge < -0.3 is 20.5 Å². The van der Waals surface area contributed by atoms with Crippen LogP contribution in [0.4, 0.5) is 0 Å². The van der Waals surface area contributed by atoms with Crippen LogP contribution in [0.5, 0.6) is 0 Å². The molecule has 2 aliphatic heterocycles. The van der Waals surface area contributed by atoms with Crippen LogP contribution >= 0.6 is 0 Å². The van der Waals surface area contributed by atoms with Gasteiger partial charge in [-0.3, -0.25) is 9.69 Å². The number of nitrogens with two attached hydrogens (primary N) is 1. The van der Waals surface area contributed by atoms with Gasteiger partial charge in [-0.05, 0) is 25.7 Å². The quantitative estimate of drug-likeness (QED) is 0.717. The Morgan fingerprint density at radius 3 is 2.50 bits per heavy atom. The second-order valence-electron chi connectivity index (χ2n) is 5.80. The smallest absolute Gasteiger partial charge is 0.237 e. The van der Waals surface area contributed by atoms with Crippen molar-refractivity contribution >= 4 is 5.91 Å². The third-order valence-corrected chi connectivity index (χ3v) is 4.10. The van der Waals surface area contributed by atoms with E-state index in [1.165, 1.54) is 0 Å². The van der Waals surface area contributed by atoms with Crippen LogP contribution in [0.3, 0.4) is 0 Å². The third kappa shape index (κ3) is 4.70. The monoisotopic (exact) mass is 285 g/mol. The summed E-state index contributed by atoms with van der Waals surface area (Å²) in [5.41, 5.74) is 6.07. The van der Waals surface area contributed by atoms with Crippen LogP contribution in [0.2, 0.25) is 0 Å². The first-order chi connectivity index (χ1) is 9.66. The topological polar surface area (TPSA) is 76.8 Å². The van der Waals surface area contributed by atoms with E-state index in [0.717, 1.165) is 58.9 Å². The summed E-state index contributed by atoms with van der Waals surface area (Å²) < 4.78 is 10.6. The molecule has 0 aliphatic carbocycles. The van der Waals surface area contributed by atoms with Crippen molar-refractivity contribution in [2.24, 2.45) is 11.7 Å². The number of hydrogen-bond acceptors (Lipinski definition) is 5. The Morgan fingerprint density at radius 2 is 1.85 bits per heavy atom. The fourth-order valence-electron chi connectivity index (χ4n) is 2.84. The number of nitrogens with one attached hydrogen (secondary N) is 1. The molecule has 3 N–H and O–H groups in total. The van der Waals surface area contributed by atoms with Crippen LogP contribution in [0.15, 0.2) is 0 Å². The molecule has 1 amide bonds. The average Bonchev–Trinajstić information content (AvgIpc) is 2.48. The van der Waals surface area contributed by atoms with Crippen LogP contribution in [-0.4, -0.2) is 69.0 Å². The molecular formula is C14H27N3O3. The van der Waals surface area contributed by atoms with Gasteiger partial charge in [0, 0.05) is 38.9 Å². The lowest BCUT2D eigenvalue weighted by Gasteiger charge is -2.31. The maximum Gasteiger partial charge on any atom is 0.237 e. The Morgan fingerprint density at radius 1 is 1.25 bits per heavy atom. The summed E-state index contributed by atoms with van der Waals surface area (Å²) in [6.45, 7) is 7.76. The summed E-state index contributed by atoms with van der Waals surface area (Å²) >= 11 is 0. The normalized spacial score (nSPS) is 25.1. The molecule has 2 rings (SSSR count). The molecule has 2 aliphatic rings. The molecule has 0 aromatic rings. The van der Waals surface area contributed by atoms with Crippen molar-refractivity contribution in [3.05, 3.63) is 0 Å². The molecule has 2 saturated heterocycles. The van der Waals surface area contributed by atoms with Crippen molar-refractivity contribution in [1.82, 2.24) is 10.2 Å². The molecule has 0 saturated carbocycles. The summed E-state index contributed by atoms with van der Waals surface area (Å²) in [4.78, 5) is 14.5. The highest BCUT2D eigenvalue weighted by molar-refractivity contribution is 5.82. The van der Waals surface area contributed by atoms with Crippen molar-refractivity contribution in [2.45, 2.75) is 31.8 Å². The highest BCUT2D eigenvalue weighted by Gasteiger charge is 2.27. The number of carbonyl (C=O) groups excluding carboxylic acids is 1. The van der Waals surface area contributed by atoms with Crippen molar-refractivity contribution < 1.29 is 14.3 Å². The van der Waals surface area contributed by atoms with E-state index in [1.807, 2.05) is 6.92 Å². The van der Waals surface area contributed by atoms with Crippen LogP contribution in [-0.2, 0) is 14.3 Å². The van der Waals surface area contributed by atoms with Gasteiger partial charge in [0.05, 0.1) is 19.3 Å². The zero-order valence-corrected chi connectivity index (χ0v) is 12.3. The van der Waals surface area contributed by atoms with E-state index >= 15 is 0 Å². The molecule has 0 aromatic carbocycles. The molecule has 6 nitrogen and oxygen atoms in total. The van der Waals surface area contributed by atoms with E-state index in [1.54, 1.807) is 0 Å². The number of hydrogen-bond donors (Lipinski definition) is 2. The molecule has 0 aromatic heterocycles. The minimum Gasteiger partial charge on any atom is -0.381 e. The number of morpholine rings is 1. The fraction of sp³-hybridized carbons (Fsp3) is 0.929.